The van der Waals surface area contributed by atoms with Crippen LogP contribution in [-0.2, 0) is 16.6 Å². The molecule has 0 spiro atoms. The van der Waals surface area contributed by atoms with Crippen LogP contribution in [0.3, 0.4) is 0 Å². The summed E-state index contributed by atoms with van der Waals surface area (Å²) in [7, 11) is -3.01. The van der Waals surface area contributed by atoms with Crippen LogP contribution in [0.1, 0.15) is 36.8 Å². The van der Waals surface area contributed by atoms with E-state index in [0.717, 1.165) is 37.7 Å². The van der Waals surface area contributed by atoms with Crippen molar-refractivity contribution in [3.8, 4) is 0 Å². The molecule has 1 saturated heterocycles. The van der Waals surface area contributed by atoms with Gasteiger partial charge in [0, 0.05) is 19.6 Å². The normalized spacial score (nSPS) is 20.8. The standard InChI is InChI=1S/C18H25N3O2S/c1-13-9-17-18(10-14(13)2)20(12-19-17)11-15-5-7-21(8-6-15)24(22,23)16-3-4-16/h9-10,12,15-16H,3-8,11H2,1-2H3. The monoisotopic (exact) mass is 347 g/mol. The maximum absolute atomic E-state index is 12.3. The highest BCUT2D eigenvalue weighted by Gasteiger charge is 2.41. The number of nitrogens with zero attached hydrogens (tertiary/aromatic N) is 3. The van der Waals surface area contributed by atoms with E-state index in [0.29, 0.717) is 19.0 Å². The number of sulfonamides is 1. The fraction of sp³-hybridized carbons (Fsp3) is 0.611. The minimum Gasteiger partial charge on any atom is -0.330 e. The number of piperidine rings is 1. The summed E-state index contributed by atoms with van der Waals surface area (Å²) >= 11 is 0. The Labute approximate surface area is 143 Å². The predicted octanol–water partition coefficient (Wildman–Crippen LogP) is 2.86. The summed E-state index contributed by atoms with van der Waals surface area (Å²) in [6.45, 7) is 6.52. The lowest BCUT2D eigenvalue weighted by atomic mass is 9.98. The summed E-state index contributed by atoms with van der Waals surface area (Å²) in [5, 5.41) is -0.0853. The Morgan fingerprint density at radius 2 is 1.75 bits per heavy atom. The van der Waals surface area contributed by atoms with E-state index >= 15 is 0 Å². The van der Waals surface area contributed by atoms with Crippen molar-refractivity contribution in [3.63, 3.8) is 0 Å². The Kier molecular flexibility index (Phi) is 3.92. The Morgan fingerprint density at radius 3 is 2.42 bits per heavy atom. The first-order chi connectivity index (χ1) is 11.4. The molecule has 0 atom stereocenters. The second-order valence-corrected chi connectivity index (χ2v) is 9.62. The number of hydrogen-bond acceptors (Lipinski definition) is 3. The topological polar surface area (TPSA) is 55.2 Å². The van der Waals surface area contributed by atoms with E-state index in [1.54, 1.807) is 4.31 Å². The molecule has 5 nitrogen and oxygen atoms in total. The number of aryl methyl sites for hydroxylation is 2. The van der Waals surface area contributed by atoms with Gasteiger partial charge in [-0.1, -0.05) is 0 Å². The second kappa shape index (κ2) is 5.85. The molecule has 1 aromatic heterocycles. The maximum atomic E-state index is 12.3. The van der Waals surface area contributed by atoms with E-state index in [9.17, 15) is 8.42 Å². The number of benzene rings is 1. The molecule has 1 aliphatic carbocycles. The van der Waals surface area contributed by atoms with Gasteiger partial charge in [0.1, 0.15) is 0 Å². The average molecular weight is 347 g/mol. The molecule has 130 valence electrons. The summed E-state index contributed by atoms with van der Waals surface area (Å²) in [5.74, 6) is 0.523. The van der Waals surface area contributed by atoms with Gasteiger partial charge in [-0.2, -0.15) is 0 Å². The first-order valence-electron chi connectivity index (χ1n) is 8.86. The number of rotatable bonds is 4. The van der Waals surface area contributed by atoms with Gasteiger partial charge in [-0.3, -0.25) is 0 Å². The zero-order chi connectivity index (χ0) is 16.9. The zero-order valence-electron chi connectivity index (χ0n) is 14.4. The molecule has 0 amide bonds. The van der Waals surface area contributed by atoms with Gasteiger partial charge in [-0.15, -0.1) is 0 Å². The molecule has 0 N–H and O–H groups in total. The lowest BCUT2D eigenvalue weighted by Crippen LogP contribution is -2.40. The quantitative estimate of drug-likeness (QED) is 0.854. The molecular formula is C18H25N3O2S. The second-order valence-electron chi connectivity index (χ2n) is 7.41. The van der Waals surface area contributed by atoms with Crippen molar-refractivity contribution in [2.45, 2.75) is 51.3 Å². The smallest absolute Gasteiger partial charge is 0.216 e. The highest BCUT2D eigenvalue weighted by molar-refractivity contribution is 7.90. The molecule has 0 unspecified atom stereocenters. The van der Waals surface area contributed by atoms with E-state index in [1.807, 2.05) is 6.33 Å². The fourth-order valence-electron chi connectivity index (χ4n) is 3.66. The Balaban J connectivity index is 1.45. The Bertz CT molecular complexity index is 860. The molecule has 0 radical (unpaired) electrons. The third-order valence-corrected chi connectivity index (χ3v) is 7.97. The van der Waals surface area contributed by atoms with E-state index in [2.05, 4.69) is 35.5 Å². The van der Waals surface area contributed by atoms with Crippen molar-refractivity contribution < 1.29 is 8.42 Å². The van der Waals surface area contributed by atoms with E-state index in [4.69, 9.17) is 0 Å². The molecule has 2 aromatic rings. The largest absolute Gasteiger partial charge is 0.330 e. The van der Waals surface area contributed by atoms with Crippen LogP contribution in [0, 0.1) is 19.8 Å². The summed E-state index contributed by atoms with van der Waals surface area (Å²) in [6, 6.07) is 4.36. The molecule has 4 rings (SSSR count). The summed E-state index contributed by atoms with van der Waals surface area (Å²) in [5.41, 5.74) is 4.79. The van der Waals surface area contributed by atoms with Crippen LogP contribution in [-0.4, -0.2) is 40.6 Å². The molecule has 1 saturated carbocycles. The van der Waals surface area contributed by atoms with Gasteiger partial charge in [0.25, 0.3) is 0 Å². The van der Waals surface area contributed by atoms with Crippen LogP contribution in [0.15, 0.2) is 18.5 Å². The van der Waals surface area contributed by atoms with Crippen LogP contribution in [0.25, 0.3) is 11.0 Å². The summed E-state index contributed by atoms with van der Waals surface area (Å²) < 4.78 is 28.6. The van der Waals surface area contributed by atoms with Gasteiger partial charge in [-0.05, 0) is 68.7 Å². The van der Waals surface area contributed by atoms with Crippen molar-refractivity contribution >= 4 is 21.1 Å². The Hall–Kier alpha value is -1.40. The van der Waals surface area contributed by atoms with Crippen molar-refractivity contribution in [1.82, 2.24) is 13.9 Å². The summed E-state index contributed by atoms with van der Waals surface area (Å²) in [4.78, 5) is 4.53. The lowest BCUT2D eigenvalue weighted by molar-refractivity contribution is 0.254. The van der Waals surface area contributed by atoms with Crippen molar-refractivity contribution in [3.05, 3.63) is 29.6 Å². The summed E-state index contributed by atoms with van der Waals surface area (Å²) in [6.07, 6.45) is 5.51. The van der Waals surface area contributed by atoms with Crippen LogP contribution < -0.4 is 0 Å². The van der Waals surface area contributed by atoms with Gasteiger partial charge < -0.3 is 4.57 Å². The number of imidazole rings is 1. The third-order valence-electron chi connectivity index (χ3n) is 5.57. The SMILES string of the molecule is Cc1cc2ncn(CC3CCN(S(=O)(=O)C4CC4)CC3)c2cc1C. The van der Waals surface area contributed by atoms with Crippen LogP contribution in [0.4, 0.5) is 0 Å². The number of hydrogen-bond donors (Lipinski definition) is 0. The third kappa shape index (κ3) is 2.86. The highest BCUT2D eigenvalue weighted by atomic mass is 32.2. The molecule has 0 bridgehead atoms. The highest BCUT2D eigenvalue weighted by Crippen LogP contribution is 2.33. The number of aromatic nitrogens is 2. The first kappa shape index (κ1) is 16.1. The van der Waals surface area contributed by atoms with Crippen LogP contribution >= 0.6 is 0 Å². The van der Waals surface area contributed by atoms with Crippen molar-refractivity contribution in [1.29, 1.82) is 0 Å². The first-order valence-corrected chi connectivity index (χ1v) is 10.4. The molecule has 2 fully saturated rings. The molecule has 24 heavy (non-hydrogen) atoms. The van der Waals surface area contributed by atoms with Crippen molar-refractivity contribution in [2.75, 3.05) is 13.1 Å². The van der Waals surface area contributed by atoms with E-state index in [-0.39, 0.29) is 5.25 Å². The Morgan fingerprint density at radius 1 is 1.08 bits per heavy atom. The van der Waals surface area contributed by atoms with E-state index in [1.165, 1.54) is 16.6 Å². The van der Waals surface area contributed by atoms with Gasteiger partial charge in [-0.25, -0.2) is 17.7 Å². The van der Waals surface area contributed by atoms with Crippen molar-refractivity contribution in [2.24, 2.45) is 5.92 Å². The zero-order valence-corrected chi connectivity index (χ0v) is 15.2. The minimum atomic E-state index is -3.01. The fourth-order valence-corrected chi connectivity index (χ4v) is 5.53. The molecule has 1 aromatic carbocycles. The van der Waals surface area contributed by atoms with E-state index < -0.39 is 10.0 Å². The lowest BCUT2D eigenvalue weighted by Gasteiger charge is -2.31. The molecule has 2 heterocycles. The number of fused-ring (bicyclic) bond motifs is 1. The molecular weight excluding hydrogens is 322 g/mol. The van der Waals surface area contributed by atoms with Gasteiger partial charge >= 0.3 is 0 Å². The molecule has 6 heteroatoms. The maximum Gasteiger partial charge on any atom is 0.216 e. The average Bonchev–Trinajstić information content (AvgIpc) is 3.35. The molecule has 1 aliphatic heterocycles. The van der Waals surface area contributed by atoms with Gasteiger partial charge in [0.05, 0.1) is 22.6 Å². The van der Waals surface area contributed by atoms with Gasteiger partial charge in [0.2, 0.25) is 10.0 Å². The minimum absolute atomic E-state index is 0.0853. The predicted molar refractivity (Wildman–Crippen MR) is 95.4 cm³/mol. The van der Waals surface area contributed by atoms with Crippen LogP contribution in [0.2, 0.25) is 0 Å². The van der Waals surface area contributed by atoms with Gasteiger partial charge in [0.15, 0.2) is 0 Å². The molecule has 2 aliphatic rings. The van der Waals surface area contributed by atoms with Crippen LogP contribution in [0.5, 0.6) is 0 Å².